The molecule has 23 heavy (non-hydrogen) atoms. The van der Waals surface area contributed by atoms with Crippen LogP contribution in [-0.4, -0.2) is 36.5 Å². The number of ether oxygens (including phenoxy) is 1. The maximum absolute atomic E-state index is 11.9. The largest absolute Gasteiger partial charge is 0.463 e. The van der Waals surface area contributed by atoms with Crippen LogP contribution < -0.4 is 10.6 Å². The summed E-state index contributed by atoms with van der Waals surface area (Å²) in [6.07, 6.45) is -0.486. The first-order valence-electron chi connectivity index (χ1n) is 7.22. The van der Waals surface area contributed by atoms with Crippen LogP contribution in [0.3, 0.4) is 0 Å². The van der Waals surface area contributed by atoms with Gasteiger partial charge in [0.05, 0.1) is 35.6 Å². The van der Waals surface area contributed by atoms with E-state index in [2.05, 4.69) is 10.6 Å². The molecule has 126 valence electrons. The Morgan fingerprint density at radius 1 is 1.30 bits per heavy atom. The second kappa shape index (κ2) is 8.84. The normalized spacial score (nSPS) is 11.8. The number of rotatable bonds is 8. The first-order chi connectivity index (χ1) is 10.8. The summed E-state index contributed by atoms with van der Waals surface area (Å²) in [6, 6.07) is 5.17. The van der Waals surface area contributed by atoms with E-state index >= 15 is 0 Å². The average Bonchev–Trinajstić information content (AvgIpc) is 2.45. The Morgan fingerprint density at radius 3 is 2.52 bits per heavy atom. The minimum absolute atomic E-state index is 0.0381. The molecule has 8 heteroatoms. The molecule has 1 amide bonds. The predicted molar refractivity (Wildman–Crippen MR) is 83.8 cm³/mol. The van der Waals surface area contributed by atoms with Gasteiger partial charge in [-0.2, -0.15) is 0 Å². The Balaban J connectivity index is 3.06. The van der Waals surface area contributed by atoms with Gasteiger partial charge in [-0.25, -0.2) is 0 Å². The van der Waals surface area contributed by atoms with Crippen molar-refractivity contribution in [2.75, 3.05) is 13.6 Å². The molecule has 0 spiro atoms. The van der Waals surface area contributed by atoms with Crippen LogP contribution in [0.4, 0.5) is 5.69 Å². The fraction of sp³-hybridized carbons (Fsp3) is 0.467. The third-order valence-electron chi connectivity index (χ3n) is 2.92. The van der Waals surface area contributed by atoms with Crippen molar-refractivity contribution in [1.82, 2.24) is 10.6 Å². The summed E-state index contributed by atoms with van der Waals surface area (Å²) in [6.45, 7) is 3.45. The van der Waals surface area contributed by atoms with E-state index in [-0.39, 0.29) is 36.2 Å². The molecule has 0 bridgehead atoms. The van der Waals surface area contributed by atoms with E-state index < -0.39 is 16.9 Å². The van der Waals surface area contributed by atoms with Crippen molar-refractivity contribution in [3.63, 3.8) is 0 Å². The van der Waals surface area contributed by atoms with Gasteiger partial charge in [-0.05, 0) is 20.9 Å². The number of nitro benzene ring substituents is 1. The van der Waals surface area contributed by atoms with E-state index in [0.717, 1.165) is 0 Å². The molecule has 8 nitrogen and oxygen atoms in total. The number of carbonyl (C=O) groups excluding carboxylic acids is 2. The molecule has 1 unspecified atom stereocenters. The van der Waals surface area contributed by atoms with E-state index in [4.69, 9.17) is 4.74 Å². The summed E-state index contributed by atoms with van der Waals surface area (Å²) in [5, 5.41) is 16.5. The lowest BCUT2D eigenvalue weighted by Gasteiger charge is -2.19. The third kappa shape index (κ3) is 6.03. The number of carbonyl (C=O) groups is 2. The maximum atomic E-state index is 11.9. The Morgan fingerprint density at radius 2 is 1.96 bits per heavy atom. The maximum Gasteiger partial charge on any atom is 0.308 e. The summed E-state index contributed by atoms with van der Waals surface area (Å²) in [5.41, 5.74) is 0.113. The molecular weight excluding hydrogens is 302 g/mol. The lowest BCUT2D eigenvalue weighted by atomic mass is 10.0. The van der Waals surface area contributed by atoms with Gasteiger partial charge in [-0.15, -0.1) is 0 Å². The summed E-state index contributed by atoms with van der Waals surface area (Å²) in [5.74, 6) is -0.902. The van der Waals surface area contributed by atoms with Crippen LogP contribution in [0, 0.1) is 10.1 Å². The smallest absolute Gasteiger partial charge is 0.308 e. The highest BCUT2D eigenvalue weighted by Crippen LogP contribution is 2.27. The Labute approximate surface area is 134 Å². The summed E-state index contributed by atoms with van der Waals surface area (Å²) in [7, 11) is 1.60. The number of benzene rings is 1. The molecule has 0 saturated carbocycles. The van der Waals surface area contributed by atoms with Crippen molar-refractivity contribution in [3.8, 4) is 0 Å². The summed E-state index contributed by atoms with van der Waals surface area (Å²) >= 11 is 0. The molecule has 0 aromatic heterocycles. The molecule has 1 rings (SSSR count). The number of hydrogen-bond acceptors (Lipinski definition) is 6. The molecule has 0 fully saturated rings. The number of likely N-dealkylation sites (N-methyl/N-ethyl adjacent to an activating group) is 1. The standard InChI is InChI=1S/C15H21N3O5/c1-10(2)23-15(20)8-12(17-14(19)9-16-3)11-6-4-5-7-13(11)18(21)22/h4-7,10,12,16H,8-9H2,1-3H3,(H,17,19). The summed E-state index contributed by atoms with van der Waals surface area (Å²) < 4.78 is 5.07. The fourth-order valence-electron chi connectivity index (χ4n) is 2.07. The molecule has 1 atom stereocenters. The monoisotopic (exact) mass is 323 g/mol. The Bertz CT molecular complexity index is 574. The minimum atomic E-state index is -0.830. The second-order valence-corrected chi connectivity index (χ2v) is 5.21. The van der Waals surface area contributed by atoms with Crippen LogP contribution in [0.25, 0.3) is 0 Å². The number of nitro groups is 1. The van der Waals surface area contributed by atoms with E-state index in [1.807, 2.05) is 0 Å². The molecule has 0 radical (unpaired) electrons. The van der Waals surface area contributed by atoms with Crippen molar-refractivity contribution in [1.29, 1.82) is 0 Å². The third-order valence-corrected chi connectivity index (χ3v) is 2.92. The van der Waals surface area contributed by atoms with E-state index in [0.29, 0.717) is 0 Å². The Kier molecular flexibility index (Phi) is 7.14. The zero-order valence-electron chi connectivity index (χ0n) is 13.4. The lowest BCUT2D eigenvalue weighted by molar-refractivity contribution is -0.385. The molecular formula is C15H21N3O5. The lowest BCUT2D eigenvalue weighted by Crippen LogP contribution is -2.36. The SMILES string of the molecule is CNCC(=O)NC(CC(=O)OC(C)C)c1ccccc1[N+](=O)[O-]. The van der Waals surface area contributed by atoms with Gasteiger partial charge >= 0.3 is 5.97 Å². The van der Waals surface area contributed by atoms with E-state index in [9.17, 15) is 19.7 Å². The van der Waals surface area contributed by atoms with Gasteiger partial charge in [0.15, 0.2) is 0 Å². The molecule has 0 heterocycles. The van der Waals surface area contributed by atoms with Crippen molar-refractivity contribution in [2.24, 2.45) is 0 Å². The van der Waals surface area contributed by atoms with Crippen LogP contribution >= 0.6 is 0 Å². The zero-order chi connectivity index (χ0) is 17.4. The van der Waals surface area contributed by atoms with Crippen molar-refractivity contribution in [2.45, 2.75) is 32.4 Å². The number of esters is 1. The van der Waals surface area contributed by atoms with Crippen LogP contribution in [0.15, 0.2) is 24.3 Å². The van der Waals surface area contributed by atoms with Crippen LogP contribution in [0.1, 0.15) is 31.9 Å². The molecule has 0 aliphatic carbocycles. The predicted octanol–water partition coefficient (Wildman–Crippen LogP) is 1.31. The number of amides is 1. The van der Waals surface area contributed by atoms with Crippen LogP contribution in [-0.2, 0) is 14.3 Å². The number of para-hydroxylation sites is 1. The van der Waals surface area contributed by atoms with E-state index in [1.165, 1.54) is 18.2 Å². The molecule has 1 aromatic carbocycles. The molecule has 2 N–H and O–H groups in total. The van der Waals surface area contributed by atoms with Crippen molar-refractivity contribution in [3.05, 3.63) is 39.9 Å². The van der Waals surface area contributed by atoms with Gasteiger partial charge in [0.25, 0.3) is 5.69 Å². The van der Waals surface area contributed by atoms with Crippen LogP contribution in [0.5, 0.6) is 0 Å². The molecule has 0 saturated heterocycles. The van der Waals surface area contributed by atoms with Crippen molar-refractivity contribution >= 4 is 17.6 Å². The molecule has 0 aliphatic heterocycles. The van der Waals surface area contributed by atoms with Gasteiger partial charge in [0.1, 0.15) is 0 Å². The van der Waals surface area contributed by atoms with Crippen molar-refractivity contribution < 1.29 is 19.2 Å². The average molecular weight is 323 g/mol. The molecule has 1 aromatic rings. The molecule has 0 aliphatic rings. The first-order valence-corrected chi connectivity index (χ1v) is 7.22. The topological polar surface area (TPSA) is 111 Å². The fourth-order valence-corrected chi connectivity index (χ4v) is 2.07. The quantitative estimate of drug-likeness (QED) is 0.424. The number of nitrogens with one attached hydrogen (secondary N) is 2. The highest BCUT2D eigenvalue weighted by molar-refractivity contribution is 5.80. The van der Waals surface area contributed by atoms with Gasteiger partial charge < -0.3 is 15.4 Å². The minimum Gasteiger partial charge on any atom is -0.463 e. The highest BCUT2D eigenvalue weighted by Gasteiger charge is 2.26. The Hall–Kier alpha value is -2.48. The van der Waals surface area contributed by atoms with Gasteiger partial charge in [0, 0.05) is 6.07 Å². The highest BCUT2D eigenvalue weighted by atomic mass is 16.6. The number of nitrogens with zero attached hydrogens (tertiary/aromatic N) is 1. The van der Waals surface area contributed by atoms with E-state index in [1.54, 1.807) is 27.0 Å². The van der Waals surface area contributed by atoms with Gasteiger partial charge in [-0.1, -0.05) is 18.2 Å². The van der Waals surface area contributed by atoms with Gasteiger partial charge in [0.2, 0.25) is 5.91 Å². The van der Waals surface area contributed by atoms with Crippen LogP contribution in [0.2, 0.25) is 0 Å². The second-order valence-electron chi connectivity index (χ2n) is 5.21. The summed E-state index contributed by atoms with van der Waals surface area (Å²) in [4.78, 5) is 34.3. The number of hydrogen-bond donors (Lipinski definition) is 2. The van der Waals surface area contributed by atoms with Gasteiger partial charge in [-0.3, -0.25) is 19.7 Å². The zero-order valence-corrected chi connectivity index (χ0v) is 13.4. The first kappa shape index (κ1) is 18.6.